The Morgan fingerprint density at radius 2 is 1.79 bits per heavy atom. The van der Waals surface area contributed by atoms with Gasteiger partial charge in [-0.05, 0) is 43.3 Å². The first-order valence-corrected chi connectivity index (χ1v) is 11.0. The summed E-state index contributed by atoms with van der Waals surface area (Å²) in [5, 5.41) is 23.1. The lowest BCUT2D eigenvalue weighted by Crippen LogP contribution is -2.20. The highest BCUT2D eigenvalue weighted by Gasteiger charge is 2.15. The molecule has 0 saturated carbocycles. The van der Waals surface area contributed by atoms with Gasteiger partial charge in [0.05, 0.1) is 33.3 Å². The summed E-state index contributed by atoms with van der Waals surface area (Å²) >= 11 is 1.27. The van der Waals surface area contributed by atoms with E-state index in [2.05, 4.69) is 20.7 Å². The minimum Gasteiger partial charge on any atom is -0.502 e. The van der Waals surface area contributed by atoms with Crippen LogP contribution in [0.25, 0.3) is 11.4 Å². The second kappa shape index (κ2) is 11.2. The normalized spacial score (nSPS) is 10.9. The molecule has 2 aromatic carbocycles. The summed E-state index contributed by atoms with van der Waals surface area (Å²) < 4.78 is 17.3. The number of carbonyl (C=O) groups excluding carboxylic acids is 1. The van der Waals surface area contributed by atoms with E-state index in [-0.39, 0.29) is 28.9 Å². The smallest absolute Gasteiger partial charge is 0.250 e. The van der Waals surface area contributed by atoms with Crippen molar-refractivity contribution in [2.45, 2.75) is 18.6 Å². The van der Waals surface area contributed by atoms with Gasteiger partial charge in [0.1, 0.15) is 5.75 Å². The third-order valence-corrected chi connectivity index (χ3v) is 5.59. The van der Waals surface area contributed by atoms with E-state index in [1.165, 1.54) is 32.2 Å². The van der Waals surface area contributed by atoms with Crippen molar-refractivity contribution in [1.29, 1.82) is 0 Å². The van der Waals surface area contributed by atoms with Crippen LogP contribution in [-0.2, 0) is 11.3 Å². The second-order valence-electron chi connectivity index (χ2n) is 6.63. The Morgan fingerprint density at radius 1 is 1.12 bits per heavy atom. The lowest BCUT2D eigenvalue weighted by Gasteiger charge is -2.09. The maximum absolute atomic E-state index is 12.2. The first-order chi connectivity index (χ1) is 16.0. The highest BCUT2D eigenvalue weighted by molar-refractivity contribution is 7.99. The molecule has 3 aromatic rings. The average Bonchev–Trinajstić information content (AvgIpc) is 3.26. The van der Waals surface area contributed by atoms with Crippen molar-refractivity contribution >= 4 is 23.9 Å². The SMILES string of the molecule is CCn1c(SCC(=O)N/N=C/c2cc(OC)c(O)c(OC)c2)nnc1-c1ccc(OC)cc1. The van der Waals surface area contributed by atoms with Gasteiger partial charge in [-0.1, -0.05) is 11.8 Å². The van der Waals surface area contributed by atoms with Crippen molar-refractivity contribution in [1.82, 2.24) is 20.2 Å². The molecule has 1 heterocycles. The monoisotopic (exact) mass is 471 g/mol. The molecular weight excluding hydrogens is 446 g/mol. The number of hydrogen-bond donors (Lipinski definition) is 2. The molecule has 0 aliphatic rings. The number of nitrogens with zero attached hydrogens (tertiary/aromatic N) is 4. The Labute approximate surface area is 195 Å². The lowest BCUT2D eigenvalue weighted by atomic mass is 10.2. The fraction of sp³-hybridized carbons (Fsp3) is 0.273. The van der Waals surface area contributed by atoms with Crippen LogP contribution in [-0.4, -0.2) is 59.1 Å². The predicted octanol–water partition coefficient (Wildman–Crippen LogP) is 2.94. The molecule has 11 heteroatoms. The molecule has 0 saturated heterocycles. The zero-order valence-corrected chi connectivity index (χ0v) is 19.5. The highest BCUT2D eigenvalue weighted by Crippen LogP contribution is 2.36. The number of aromatic nitrogens is 3. The Kier molecular flexibility index (Phi) is 8.14. The fourth-order valence-corrected chi connectivity index (χ4v) is 3.76. The van der Waals surface area contributed by atoms with Crippen LogP contribution in [0.15, 0.2) is 46.7 Å². The molecule has 0 aliphatic carbocycles. The van der Waals surface area contributed by atoms with Crippen LogP contribution in [0.1, 0.15) is 12.5 Å². The summed E-state index contributed by atoms with van der Waals surface area (Å²) in [6.07, 6.45) is 1.43. The Balaban J connectivity index is 1.61. The molecule has 3 rings (SSSR count). The van der Waals surface area contributed by atoms with Gasteiger partial charge in [0.2, 0.25) is 5.75 Å². The van der Waals surface area contributed by atoms with Gasteiger partial charge in [-0.2, -0.15) is 5.10 Å². The van der Waals surface area contributed by atoms with E-state index in [4.69, 9.17) is 14.2 Å². The zero-order chi connectivity index (χ0) is 23.8. The van der Waals surface area contributed by atoms with Crippen LogP contribution in [0.4, 0.5) is 0 Å². The van der Waals surface area contributed by atoms with E-state index in [1.54, 1.807) is 19.2 Å². The van der Waals surface area contributed by atoms with Crippen LogP contribution in [0.5, 0.6) is 23.0 Å². The topological polar surface area (TPSA) is 120 Å². The molecule has 2 N–H and O–H groups in total. The summed E-state index contributed by atoms with van der Waals surface area (Å²) in [5.41, 5.74) is 3.97. The van der Waals surface area contributed by atoms with E-state index in [9.17, 15) is 9.90 Å². The van der Waals surface area contributed by atoms with Crippen LogP contribution < -0.4 is 19.6 Å². The standard InChI is InChI=1S/C22H25N5O5S/c1-5-27-21(15-6-8-16(30-2)9-7-15)25-26-22(27)33-13-19(28)24-23-12-14-10-17(31-3)20(29)18(11-14)32-4/h6-12,29H,5,13H2,1-4H3,(H,24,28)/b23-12+. The maximum Gasteiger partial charge on any atom is 0.250 e. The molecule has 0 aliphatic heterocycles. The number of phenols is 1. The largest absolute Gasteiger partial charge is 0.502 e. The van der Waals surface area contributed by atoms with Gasteiger partial charge in [-0.25, -0.2) is 5.43 Å². The van der Waals surface area contributed by atoms with Gasteiger partial charge in [-0.15, -0.1) is 10.2 Å². The molecule has 0 spiro atoms. The van der Waals surface area contributed by atoms with E-state index in [0.717, 1.165) is 17.1 Å². The zero-order valence-electron chi connectivity index (χ0n) is 18.7. The van der Waals surface area contributed by atoms with Crippen LogP contribution in [0.3, 0.4) is 0 Å². The number of rotatable bonds is 10. The number of thioether (sulfide) groups is 1. The van der Waals surface area contributed by atoms with E-state index in [0.29, 0.717) is 17.3 Å². The first-order valence-electron chi connectivity index (χ1n) is 9.98. The molecular formula is C22H25N5O5S. The summed E-state index contributed by atoms with van der Waals surface area (Å²) in [7, 11) is 4.48. The van der Waals surface area contributed by atoms with Crippen molar-refractivity contribution in [2.75, 3.05) is 27.1 Å². The summed E-state index contributed by atoms with van der Waals surface area (Å²) in [5.74, 6) is 1.67. The molecule has 1 amide bonds. The van der Waals surface area contributed by atoms with Gasteiger partial charge < -0.3 is 23.9 Å². The maximum atomic E-state index is 12.2. The molecule has 10 nitrogen and oxygen atoms in total. The molecule has 0 unspecified atom stereocenters. The van der Waals surface area contributed by atoms with E-state index in [1.807, 2.05) is 35.8 Å². The number of hydrazone groups is 1. The fourth-order valence-electron chi connectivity index (χ4n) is 2.96. The number of aromatic hydroxyl groups is 1. The van der Waals surface area contributed by atoms with Crippen molar-refractivity contribution in [2.24, 2.45) is 5.10 Å². The quantitative estimate of drug-likeness (QED) is 0.263. The molecule has 174 valence electrons. The van der Waals surface area contributed by atoms with Crippen molar-refractivity contribution in [3.05, 3.63) is 42.0 Å². The van der Waals surface area contributed by atoms with Gasteiger partial charge in [-0.3, -0.25) is 4.79 Å². The van der Waals surface area contributed by atoms with E-state index >= 15 is 0 Å². The summed E-state index contributed by atoms with van der Waals surface area (Å²) in [4.78, 5) is 12.2. The Morgan fingerprint density at radius 3 is 2.36 bits per heavy atom. The molecule has 0 atom stereocenters. The summed E-state index contributed by atoms with van der Waals surface area (Å²) in [6, 6.07) is 10.7. The molecule has 33 heavy (non-hydrogen) atoms. The molecule has 0 radical (unpaired) electrons. The number of carbonyl (C=O) groups is 1. The summed E-state index contributed by atoms with van der Waals surface area (Å²) in [6.45, 7) is 2.64. The third-order valence-electron chi connectivity index (χ3n) is 4.62. The predicted molar refractivity (Wildman–Crippen MR) is 125 cm³/mol. The lowest BCUT2D eigenvalue weighted by molar-refractivity contribution is -0.118. The van der Waals surface area contributed by atoms with Crippen molar-refractivity contribution in [3.63, 3.8) is 0 Å². The highest BCUT2D eigenvalue weighted by atomic mass is 32.2. The number of hydrogen-bond acceptors (Lipinski definition) is 9. The van der Waals surface area contributed by atoms with Gasteiger partial charge in [0, 0.05) is 17.7 Å². The molecule has 0 fully saturated rings. The minimum absolute atomic E-state index is 0.105. The van der Waals surface area contributed by atoms with Gasteiger partial charge in [0.25, 0.3) is 5.91 Å². The number of benzene rings is 2. The Hall–Kier alpha value is -3.73. The number of methoxy groups -OCH3 is 3. The molecule has 1 aromatic heterocycles. The minimum atomic E-state index is -0.300. The van der Waals surface area contributed by atoms with Crippen LogP contribution >= 0.6 is 11.8 Å². The van der Waals surface area contributed by atoms with Crippen molar-refractivity contribution in [3.8, 4) is 34.4 Å². The average molecular weight is 472 g/mol. The number of amides is 1. The van der Waals surface area contributed by atoms with Crippen molar-refractivity contribution < 1.29 is 24.1 Å². The number of nitrogens with one attached hydrogen (secondary N) is 1. The van der Waals surface area contributed by atoms with Crippen LogP contribution in [0.2, 0.25) is 0 Å². The second-order valence-corrected chi connectivity index (χ2v) is 7.58. The van der Waals surface area contributed by atoms with Gasteiger partial charge >= 0.3 is 0 Å². The van der Waals surface area contributed by atoms with Crippen LogP contribution in [0, 0.1) is 0 Å². The Bertz CT molecular complexity index is 1110. The van der Waals surface area contributed by atoms with E-state index < -0.39 is 0 Å². The number of ether oxygens (including phenoxy) is 3. The van der Waals surface area contributed by atoms with Gasteiger partial charge in [0.15, 0.2) is 22.5 Å². The first kappa shape index (κ1) is 23.9. The number of phenolic OH excluding ortho intramolecular Hbond substituents is 1. The molecule has 0 bridgehead atoms. The third kappa shape index (κ3) is 5.75.